The van der Waals surface area contributed by atoms with Crippen LogP contribution in [0, 0.1) is 11.3 Å². The topological polar surface area (TPSA) is 130 Å². The van der Waals surface area contributed by atoms with Crippen molar-refractivity contribution in [1.82, 2.24) is 25.4 Å². The fraction of sp³-hybridized carbons (Fsp3) is 0.581. The number of piperidine rings is 1. The molecule has 4 heterocycles. The van der Waals surface area contributed by atoms with Gasteiger partial charge in [0.05, 0.1) is 11.6 Å². The molecule has 41 heavy (non-hydrogen) atoms. The molecule has 3 unspecified atom stereocenters. The zero-order valence-electron chi connectivity index (χ0n) is 23.2. The van der Waals surface area contributed by atoms with Crippen molar-refractivity contribution >= 4 is 40.3 Å². The summed E-state index contributed by atoms with van der Waals surface area (Å²) in [5, 5.41) is 9.38. The molecular formula is C31H37N5O5. The summed E-state index contributed by atoms with van der Waals surface area (Å²) < 4.78 is 2.10. The number of amides is 4. The van der Waals surface area contributed by atoms with E-state index >= 15 is 0 Å². The van der Waals surface area contributed by atoms with Crippen molar-refractivity contribution in [2.45, 2.75) is 88.9 Å². The molecule has 0 radical (unpaired) electrons. The minimum atomic E-state index is -1.12. The number of hydrogen-bond acceptors (Lipinski definition) is 5. The highest BCUT2D eigenvalue weighted by atomic mass is 16.2. The van der Waals surface area contributed by atoms with Gasteiger partial charge in [0.2, 0.25) is 17.6 Å². The Bertz CT molecular complexity index is 1450. The van der Waals surface area contributed by atoms with E-state index in [1.54, 1.807) is 4.90 Å². The molecule has 2 aliphatic carbocycles. The van der Waals surface area contributed by atoms with Gasteiger partial charge in [0, 0.05) is 37.0 Å². The van der Waals surface area contributed by atoms with E-state index in [1.807, 2.05) is 18.2 Å². The number of ketones is 1. The molecule has 3 aliphatic heterocycles. The Hall–Kier alpha value is -3.69. The maximum absolute atomic E-state index is 14.1. The molecule has 2 aromatic rings. The highest BCUT2D eigenvalue weighted by molar-refractivity contribution is 6.38. The number of nitrogens with zero attached hydrogens (tertiary/aromatic N) is 2. The highest BCUT2D eigenvalue weighted by Crippen LogP contribution is 2.55. The summed E-state index contributed by atoms with van der Waals surface area (Å²) in [7, 11) is 0. The van der Waals surface area contributed by atoms with Crippen molar-refractivity contribution in [3.8, 4) is 0 Å². The van der Waals surface area contributed by atoms with Gasteiger partial charge in [-0.05, 0) is 81.3 Å². The molecule has 1 aromatic carbocycles. The molecule has 0 bridgehead atoms. The molecular weight excluding hydrogens is 522 g/mol. The van der Waals surface area contributed by atoms with Gasteiger partial charge >= 0.3 is 0 Å². The molecule has 5 aliphatic rings. The van der Waals surface area contributed by atoms with E-state index in [1.165, 1.54) is 5.56 Å². The molecule has 216 valence electrons. The molecule has 2 saturated heterocycles. The third-order valence-corrected chi connectivity index (χ3v) is 9.91. The first-order valence-corrected chi connectivity index (χ1v) is 15.2. The predicted molar refractivity (Wildman–Crippen MR) is 150 cm³/mol. The van der Waals surface area contributed by atoms with Gasteiger partial charge in [-0.25, -0.2) is 0 Å². The second kappa shape index (κ2) is 9.99. The van der Waals surface area contributed by atoms with Gasteiger partial charge in [0.1, 0.15) is 11.7 Å². The number of benzene rings is 1. The lowest BCUT2D eigenvalue weighted by Gasteiger charge is -2.39. The first kappa shape index (κ1) is 26.2. The second-order valence-corrected chi connectivity index (χ2v) is 12.8. The van der Waals surface area contributed by atoms with E-state index in [0.717, 1.165) is 62.4 Å². The molecule has 4 amide bonds. The van der Waals surface area contributed by atoms with Gasteiger partial charge in [0.25, 0.3) is 11.8 Å². The number of nitrogens with one attached hydrogen (secondary N) is 3. The Labute approximate surface area is 238 Å². The number of Topliss-reactive ketones (excluding diaryl/α,β-unsaturated/α-hetero) is 1. The lowest BCUT2D eigenvalue weighted by Crippen LogP contribution is -2.58. The van der Waals surface area contributed by atoms with Crippen LogP contribution in [0.15, 0.2) is 24.3 Å². The third kappa shape index (κ3) is 4.91. The van der Waals surface area contributed by atoms with Gasteiger partial charge < -0.3 is 25.4 Å². The quantitative estimate of drug-likeness (QED) is 0.425. The van der Waals surface area contributed by atoms with Crippen molar-refractivity contribution < 1.29 is 24.0 Å². The maximum atomic E-state index is 14.1. The normalized spacial score (nSPS) is 25.1. The minimum Gasteiger partial charge on any atom is -0.356 e. The number of aromatic nitrogens is 1. The minimum absolute atomic E-state index is 0.00197. The van der Waals surface area contributed by atoms with Gasteiger partial charge in [-0.15, -0.1) is 0 Å². The third-order valence-electron chi connectivity index (χ3n) is 9.91. The second-order valence-electron chi connectivity index (χ2n) is 12.8. The Morgan fingerprint density at radius 3 is 2.63 bits per heavy atom. The molecule has 1 aromatic heterocycles. The van der Waals surface area contributed by atoms with Crippen molar-refractivity contribution in [1.29, 1.82) is 0 Å². The van der Waals surface area contributed by atoms with Crippen LogP contribution in [0.5, 0.6) is 0 Å². The monoisotopic (exact) mass is 559 g/mol. The van der Waals surface area contributed by atoms with E-state index in [2.05, 4.69) is 26.6 Å². The van der Waals surface area contributed by atoms with Crippen LogP contribution in [-0.2, 0) is 32.1 Å². The van der Waals surface area contributed by atoms with Gasteiger partial charge in [-0.3, -0.25) is 24.0 Å². The van der Waals surface area contributed by atoms with Crippen molar-refractivity contribution in [3.63, 3.8) is 0 Å². The van der Waals surface area contributed by atoms with Crippen molar-refractivity contribution in [2.24, 2.45) is 11.3 Å². The zero-order valence-corrected chi connectivity index (χ0v) is 23.2. The lowest BCUT2D eigenvalue weighted by molar-refractivity contribution is -0.141. The zero-order chi connectivity index (χ0) is 28.3. The Morgan fingerprint density at radius 2 is 1.90 bits per heavy atom. The van der Waals surface area contributed by atoms with E-state index < -0.39 is 35.6 Å². The molecule has 4 fully saturated rings. The van der Waals surface area contributed by atoms with Gasteiger partial charge in [0.15, 0.2) is 0 Å². The van der Waals surface area contributed by atoms with Crippen LogP contribution in [0.3, 0.4) is 0 Å². The summed E-state index contributed by atoms with van der Waals surface area (Å²) in [5.41, 5.74) is 2.98. The first-order valence-electron chi connectivity index (χ1n) is 15.2. The Kier molecular flexibility index (Phi) is 6.39. The maximum Gasteiger partial charge on any atom is 0.289 e. The average Bonchev–Trinajstić information content (AvgIpc) is 3.87. The predicted octanol–water partition coefficient (Wildman–Crippen LogP) is 1.83. The molecule has 3 N–H and O–H groups in total. The fourth-order valence-electron chi connectivity index (χ4n) is 7.13. The van der Waals surface area contributed by atoms with E-state index in [9.17, 15) is 24.0 Å². The molecule has 2 saturated carbocycles. The SMILES string of the molecule is O=C(NC1CC1)C(=O)C(CC1CCNC1=O)NC(=O)C1CC2(CCN1C(=O)c1cc3cccc4c3n1CCC4)CC2. The number of carbonyl (C=O) groups is 5. The Balaban J connectivity index is 1.15. The number of para-hydroxylation sites is 1. The summed E-state index contributed by atoms with van der Waals surface area (Å²) in [6.45, 7) is 1.74. The summed E-state index contributed by atoms with van der Waals surface area (Å²) in [6, 6.07) is 6.24. The highest BCUT2D eigenvalue weighted by Gasteiger charge is 2.52. The van der Waals surface area contributed by atoms with Crippen LogP contribution in [0.1, 0.15) is 73.8 Å². The van der Waals surface area contributed by atoms with Crippen LogP contribution in [-0.4, -0.2) is 70.1 Å². The number of aryl methyl sites for hydroxylation is 2. The summed E-state index contributed by atoms with van der Waals surface area (Å²) >= 11 is 0. The number of hydrogen-bond donors (Lipinski definition) is 3. The molecule has 3 atom stereocenters. The van der Waals surface area contributed by atoms with Gasteiger partial charge in [-0.1, -0.05) is 18.2 Å². The summed E-state index contributed by atoms with van der Waals surface area (Å²) in [6.07, 6.45) is 7.65. The standard InChI is InChI=1S/C31H37N5O5/c37-26(29(40)33-21-6-7-21)22(15-20-8-12-32-27(20)38)34-28(39)24-17-31(9-10-31)11-14-36(24)30(41)23-16-19-4-1-3-18-5-2-13-35(23)25(18)19/h1,3-4,16,20-22,24H,2,5-15,17H2,(H,32,38)(H,33,40)(H,34,39). The van der Waals surface area contributed by atoms with E-state index in [4.69, 9.17) is 0 Å². The summed E-state index contributed by atoms with van der Waals surface area (Å²) in [4.78, 5) is 68.2. The number of rotatable bonds is 8. The first-order chi connectivity index (χ1) is 19.8. The van der Waals surface area contributed by atoms with Crippen molar-refractivity contribution in [2.75, 3.05) is 13.1 Å². The van der Waals surface area contributed by atoms with Crippen LogP contribution in [0.25, 0.3) is 10.9 Å². The van der Waals surface area contributed by atoms with Crippen LogP contribution in [0.4, 0.5) is 0 Å². The largest absolute Gasteiger partial charge is 0.356 e. The van der Waals surface area contributed by atoms with Crippen LogP contribution >= 0.6 is 0 Å². The van der Waals surface area contributed by atoms with Gasteiger partial charge in [-0.2, -0.15) is 0 Å². The van der Waals surface area contributed by atoms with Crippen molar-refractivity contribution in [3.05, 3.63) is 35.5 Å². The average molecular weight is 560 g/mol. The smallest absolute Gasteiger partial charge is 0.289 e. The molecule has 7 rings (SSSR count). The lowest BCUT2D eigenvalue weighted by atomic mass is 9.86. The molecule has 1 spiro atoms. The fourth-order valence-corrected chi connectivity index (χ4v) is 7.13. The summed E-state index contributed by atoms with van der Waals surface area (Å²) in [5.74, 6) is -2.66. The van der Waals surface area contributed by atoms with Crippen LogP contribution < -0.4 is 16.0 Å². The number of carbonyl (C=O) groups excluding carboxylic acids is 5. The molecule has 10 heteroatoms. The van der Waals surface area contributed by atoms with E-state index in [-0.39, 0.29) is 29.7 Å². The van der Waals surface area contributed by atoms with Crippen LogP contribution in [0.2, 0.25) is 0 Å². The number of likely N-dealkylation sites (tertiary alicyclic amines) is 1. The Morgan fingerprint density at radius 1 is 1.07 bits per heavy atom. The molecule has 10 nitrogen and oxygen atoms in total. The van der Waals surface area contributed by atoms with E-state index in [0.29, 0.717) is 31.6 Å².